The molecule has 0 saturated carbocycles. The molecule has 0 aliphatic carbocycles. The Labute approximate surface area is 62.2 Å². The highest BCUT2D eigenvalue weighted by molar-refractivity contribution is 5.83. The van der Waals surface area contributed by atoms with Crippen LogP contribution in [0.2, 0.25) is 0 Å². The predicted octanol–water partition coefficient (Wildman–Crippen LogP) is 1.06. The fourth-order valence-electron chi connectivity index (χ4n) is 1.55. The Morgan fingerprint density at radius 1 is 1.70 bits per heavy atom. The molecule has 1 aliphatic rings. The number of hydrogen-bond acceptors (Lipinski definition) is 2. The molecular formula is C8H15NO. The van der Waals surface area contributed by atoms with Crippen molar-refractivity contribution >= 4 is 5.78 Å². The van der Waals surface area contributed by atoms with Gasteiger partial charge in [-0.05, 0) is 26.4 Å². The molecule has 0 aromatic rings. The van der Waals surface area contributed by atoms with E-state index in [0.29, 0.717) is 12.2 Å². The van der Waals surface area contributed by atoms with Crippen LogP contribution in [-0.2, 0) is 4.79 Å². The second-order valence-corrected chi connectivity index (χ2v) is 2.96. The van der Waals surface area contributed by atoms with Crippen molar-refractivity contribution in [3.8, 4) is 0 Å². The highest BCUT2D eigenvalue weighted by Gasteiger charge is 2.25. The van der Waals surface area contributed by atoms with E-state index in [1.165, 1.54) is 6.42 Å². The van der Waals surface area contributed by atoms with E-state index in [2.05, 4.69) is 4.90 Å². The van der Waals surface area contributed by atoms with E-state index in [1.54, 1.807) is 0 Å². The van der Waals surface area contributed by atoms with E-state index in [4.69, 9.17) is 0 Å². The zero-order chi connectivity index (χ0) is 7.56. The van der Waals surface area contributed by atoms with Crippen molar-refractivity contribution in [2.24, 2.45) is 0 Å². The van der Waals surface area contributed by atoms with E-state index in [0.717, 1.165) is 13.0 Å². The number of ketones is 1. The van der Waals surface area contributed by atoms with Crippen LogP contribution in [0.1, 0.15) is 26.2 Å². The molecule has 2 heteroatoms. The predicted molar refractivity (Wildman–Crippen MR) is 41.0 cm³/mol. The molecule has 0 aromatic heterocycles. The summed E-state index contributed by atoms with van der Waals surface area (Å²) in [6.07, 6.45) is 2.95. The Morgan fingerprint density at radius 2 is 2.40 bits per heavy atom. The van der Waals surface area contributed by atoms with Gasteiger partial charge in [0.25, 0.3) is 0 Å². The van der Waals surface area contributed by atoms with Gasteiger partial charge < -0.3 is 0 Å². The molecule has 1 aliphatic heterocycles. The average Bonchev–Trinajstić information content (AvgIpc) is 2.34. The second kappa shape index (κ2) is 3.15. The van der Waals surface area contributed by atoms with Gasteiger partial charge in [0.05, 0.1) is 6.04 Å². The Kier molecular flexibility index (Phi) is 2.44. The molecular weight excluding hydrogens is 126 g/mol. The second-order valence-electron chi connectivity index (χ2n) is 2.96. The van der Waals surface area contributed by atoms with Crippen LogP contribution in [-0.4, -0.2) is 30.3 Å². The first kappa shape index (κ1) is 7.73. The van der Waals surface area contributed by atoms with Crippen LogP contribution >= 0.6 is 0 Å². The lowest BCUT2D eigenvalue weighted by molar-refractivity contribution is -0.122. The van der Waals surface area contributed by atoms with Crippen molar-refractivity contribution in [1.82, 2.24) is 4.90 Å². The van der Waals surface area contributed by atoms with Crippen LogP contribution in [0.5, 0.6) is 0 Å². The normalized spacial score (nSPS) is 27.2. The fourth-order valence-corrected chi connectivity index (χ4v) is 1.55. The summed E-state index contributed by atoms with van der Waals surface area (Å²) < 4.78 is 0. The van der Waals surface area contributed by atoms with Gasteiger partial charge in [-0.25, -0.2) is 0 Å². The van der Waals surface area contributed by atoms with Crippen molar-refractivity contribution in [1.29, 1.82) is 0 Å². The number of carbonyl (C=O) groups excluding carboxylic acids is 1. The Bertz CT molecular complexity index is 133. The zero-order valence-corrected chi connectivity index (χ0v) is 6.76. The Morgan fingerprint density at radius 3 is 2.80 bits per heavy atom. The fraction of sp³-hybridized carbons (Fsp3) is 0.875. The molecule has 1 heterocycles. The van der Waals surface area contributed by atoms with Gasteiger partial charge in [-0.1, -0.05) is 6.92 Å². The molecule has 0 radical (unpaired) electrons. The molecule has 0 bridgehead atoms. The standard InChI is InChI=1S/C8H15NO/c1-3-8(10)7-5-4-6-9(7)2/h7H,3-6H2,1-2H3. The molecule has 1 atom stereocenters. The summed E-state index contributed by atoms with van der Waals surface area (Å²) in [6, 6.07) is 0.241. The van der Waals surface area contributed by atoms with Gasteiger partial charge in [-0.2, -0.15) is 0 Å². The quantitative estimate of drug-likeness (QED) is 0.573. The SMILES string of the molecule is CCC(=O)C1CCCN1C. The van der Waals surface area contributed by atoms with Crippen LogP contribution in [0.4, 0.5) is 0 Å². The molecule has 1 saturated heterocycles. The van der Waals surface area contributed by atoms with Gasteiger partial charge >= 0.3 is 0 Å². The molecule has 0 aromatic carbocycles. The van der Waals surface area contributed by atoms with E-state index in [9.17, 15) is 4.79 Å². The minimum absolute atomic E-state index is 0.241. The van der Waals surface area contributed by atoms with E-state index in [1.807, 2.05) is 14.0 Å². The summed E-state index contributed by atoms with van der Waals surface area (Å²) in [5.41, 5.74) is 0. The first-order valence-corrected chi connectivity index (χ1v) is 3.98. The molecule has 1 rings (SSSR count). The summed E-state index contributed by atoms with van der Waals surface area (Å²) in [6.45, 7) is 3.03. The van der Waals surface area contributed by atoms with Crippen molar-refractivity contribution < 1.29 is 4.79 Å². The van der Waals surface area contributed by atoms with Crippen LogP contribution in [0.25, 0.3) is 0 Å². The van der Waals surface area contributed by atoms with Crippen molar-refractivity contribution in [2.75, 3.05) is 13.6 Å². The summed E-state index contributed by atoms with van der Waals surface area (Å²) >= 11 is 0. The maximum Gasteiger partial charge on any atom is 0.149 e. The number of Topliss-reactive ketones (excluding diaryl/α,β-unsaturated/α-hetero) is 1. The third-order valence-corrected chi connectivity index (χ3v) is 2.24. The summed E-state index contributed by atoms with van der Waals surface area (Å²) in [4.78, 5) is 13.3. The number of hydrogen-bond donors (Lipinski definition) is 0. The van der Waals surface area contributed by atoms with Crippen LogP contribution in [0.15, 0.2) is 0 Å². The van der Waals surface area contributed by atoms with Crippen LogP contribution in [0, 0.1) is 0 Å². The van der Waals surface area contributed by atoms with Crippen LogP contribution < -0.4 is 0 Å². The molecule has 58 valence electrons. The minimum Gasteiger partial charge on any atom is -0.298 e. The van der Waals surface area contributed by atoms with Crippen molar-refractivity contribution in [3.05, 3.63) is 0 Å². The van der Waals surface area contributed by atoms with Gasteiger partial charge in [0.15, 0.2) is 0 Å². The van der Waals surface area contributed by atoms with Crippen LogP contribution in [0.3, 0.4) is 0 Å². The summed E-state index contributed by atoms with van der Waals surface area (Å²) in [7, 11) is 2.03. The minimum atomic E-state index is 0.241. The van der Waals surface area contributed by atoms with Crippen molar-refractivity contribution in [3.63, 3.8) is 0 Å². The third kappa shape index (κ3) is 1.37. The lowest BCUT2D eigenvalue weighted by atomic mass is 10.1. The topological polar surface area (TPSA) is 20.3 Å². The van der Waals surface area contributed by atoms with E-state index in [-0.39, 0.29) is 6.04 Å². The highest BCUT2D eigenvalue weighted by atomic mass is 16.1. The smallest absolute Gasteiger partial charge is 0.149 e. The largest absolute Gasteiger partial charge is 0.298 e. The number of likely N-dealkylation sites (N-methyl/N-ethyl adjacent to an activating group) is 1. The highest BCUT2D eigenvalue weighted by Crippen LogP contribution is 2.16. The lowest BCUT2D eigenvalue weighted by Crippen LogP contribution is -2.32. The summed E-state index contributed by atoms with van der Waals surface area (Å²) in [5, 5.41) is 0. The Hall–Kier alpha value is -0.370. The maximum absolute atomic E-state index is 11.2. The zero-order valence-electron chi connectivity index (χ0n) is 6.76. The average molecular weight is 141 g/mol. The first-order valence-electron chi connectivity index (χ1n) is 3.98. The number of rotatable bonds is 2. The van der Waals surface area contributed by atoms with Gasteiger partial charge in [-0.15, -0.1) is 0 Å². The molecule has 1 unspecified atom stereocenters. The number of likely N-dealkylation sites (tertiary alicyclic amines) is 1. The monoisotopic (exact) mass is 141 g/mol. The molecule has 0 spiro atoms. The first-order chi connectivity index (χ1) is 4.75. The molecule has 0 N–H and O–H groups in total. The molecule has 0 amide bonds. The molecule has 10 heavy (non-hydrogen) atoms. The Balaban J connectivity index is 2.46. The summed E-state index contributed by atoms with van der Waals surface area (Å²) in [5.74, 6) is 0.403. The maximum atomic E-state index is 11.2. The molecule has 1 fully saturated rings. The number of carbonyl (C=O) groups is 1. The van der Waals surface area contributed by atoms with E-state index >= 15 is 0 Å². The third-order valence-electron chi connectivity index (χ3n) is 2.24. The van der Waals surface area contributed by atoms with E-state index < -0.39 is 0 Å². The van der Waals surface area contributed by atoms with Gasteiger partial charge in [-0.3, -0.25) is 9.69 Å². The van der Waals surface area contributed by atoms with Gasteiger partial charge in [0.2, 0.25) is 0 Å². The molecule has 2 nitrogen and oxygen atoms in total. The van der Waals surface area contributed by atoms with Gasteiger partial charge in [0.1, 0.15) is 5.78 Å². The lowest BCUT2D eigenvalue weighted by Gasteiger charge is -2.16. The number of nitrogens with zero attached hydrogens (tertiary/aromatic N) is 1. The van der Waals surface area contributed by atoms with Gasteiger partial charge in [0, 0.05) is 6.42 Å². The van der Waals surface area contributed by atoms with Crippen molar-refractivity contribution in [2.45, 2.75) is 32.2 Å².